The Morgan fingerprint density at radius 3 is 3.06 bits per heavy atom. The summed E-state index contributed by atoms with van der Waals surface area (Å²) in [5, 5.41) is 1.11. The summed E-state index contributed by atoms with van der Waals surface area (Å²) >= 11 is 1.56. The molecule has 17 heavy (non-hydrogen) atoms. The Morgan fingerprint density at radius 2 is 2.41 bits per heavy atom. The first-order chi connectivity index (χ1) is 8.20. The van der Waals surface area contributed by atoms with E-state index in [-0.39, 0.29) is 5.78 Å². The SMILES string of the molecule is CCN1CCCCC1Cc1ncc(C(C)=O)s1. The van der Waals surface area contributed by atoms with Crippen LogP contribution in [0.3, 0.4) is 0 Å². The van der Waals surface area contributed by atoms with E-state index in [2.05, 4.69) is 16.8 Å². The second kappa shape index (κ2) is 5.74. The summed E-state index contributed by atoms with van der Waals surface area (Å²) in [6.45, 7) is 6.17. The lowest BCUT2D eigenvalue weighted by atomic mass is 10.00. The van der Waals surface area contributed by atoms with Gasteiger partial charge in [0.1, 0.15) is 0 Å². The van der Waals surface area contributed by atoms with Gasteiger partial charge in [0.25, 0.3) is 0 Å². The molecule has 0 aliphatic carbocycles. The van der Waals surface area contributed by atoms with E-state index in [4.69, 9.17) is 0 Å². The largest absolute Gasteiger partial charge is 0.300 e. The fraction of sp³-hybridized carbons (Fsp3) is 0.692. The molecule has 3 nitrogen and oxygen atoms in total. The van der Waals surface area contributed by atoms with Crippen molar-refractivity contribution < 1.29 is 4.79 Å². The summed E-state index contributed by atoms with van der Waals surface area (Å²) in [5.74, 6) is 0.129. The van der Waals surface area contributed by atoms with Crippen molar-refractivity contribution in [3.63, 3.8) is 0 Å². The second-order valence-corrected chi connectivity index (χ2v) is 5.77. The molecule has 0 spiro atoms. The minimum Gasteiger partial charge on any atom is -0.300 e. The van der Waals surface area contributed by atoms with Gasteiger partial charge in [0.2, 0.25) is 0 Å². The number of aromatic nitrogens is 1. The van der Waals surface area contributed by atoms with Gasteiger partial charge in [0, 0.05) is 25.6 Å². The highest BCUT2D eigenvalue weighted by atomic mass is 32.1. The van der Waals surface area contributed by atoms with Crippen molar-refractivity contribution in [1.29, 1.82) is 0 Å². The van der Waals surface area contributed by atoms with Crippen molar-refractivity contribution in [3.8, 4) is 0 Å². The third-order valence-corrected chi connectivity index (χ3v) is 4.59. The molecule has 2 rings (SSSR count). The van der Waals surface area contributed by atoms with Gasteiger partial charge in [-0.05, 0) is 25.9 Å². The van der Waals surface area contributed by atoms with Crippen molar-refractivity contribution in [2.45, 2.75) is 45.6 Å². The van der Waals surface area contributed by atoms with Gasteiger partial charge in [0.05, 0.1) is 9.88 Å². The van der Waals surface area contributed by atoms with E-state index in [1.165, 1.54) is 25.8 Å². The molecule has 4 heteroatoms. The highest BCUT2D eigenvalue weighted by Crippen LogP contribution is 2.22. The summed E-state index contributed by atoms with van der Waals surface area (Å²) in [7, 11) is 0. The number of likely N-dealkylation sites (tertiary alicyclic amines) is 1. The maximum Gasteiger partial charge on any atom is 0.171 e. The molecule has 94 valence electrons. The number of hydrogen-bond acceptors (Lipinski definition) is 4. The summed E-state index contributed by atoms with van der Waals surface area (Å²) in [6.07, 6.45) is 6.64. The number of rotatable bonds is 4. The van der Waals surface area contributed by atoms with Crippen LogP contribution in [0.4, 0.5) is 0 Å². The Bertz CT molecular complexity index is 389. The third-order valence-electron chi connectivity index (χ3n) is 3.47. The molecular formula is C13H20N2OS. The van der Waals surface area contributed by atoms with Crippen LogP contribution < -0.4 is 0 Å². The molecule has 1 unspecified atom stereocenters. The number of hydrogen-bond donors (Lipinski definition) is 0. The van der Waals surface area contributed by atoms with E-state index in [0.29, 0.717) is 6.04 Å². The van der Waals surface area contributed by atoms with E-state index in [1.54, 1.807) is 24.5 Å². The average Bonchev–Trinajstić information content (AvgIpc) is 2.78. The van der Waals surface area contributed by atoms with Crippen LogP contribution in [0.15, 0.2) is 6.20 Å². The van der Waals surface area contributed by atoms with Crippen LogP contribution in [0.1, 0.15) is 47.8 Å². The van der Waals surface area contributed by atoms with Crippen LogP contribution in [0.2, 0.25) is 0 Å². The molecule has 0 bridgehead atoms. The lowest BCUT2D eigenvalue weighted by Gasteiger charge is -2.34. The molecule has 1 saturated heterocycles. The highest BCUT2D eigenvalue weighted by Gasteiger charge is 2.22. The first kappa shape index (κ1) is 12.7. The molecular weight excluding hydrogens is 232 g/mol. The van der Waals surface area contributed by atoms with E-state index < -0.39 is 0 Å². The molecule has 2 heterocycles. The van der Waals surface area contributed by atoms with E-state index in [1.807, 2.05) is 0 Å². The van der Waals surface area contributed by atoms with Gasteiger partial charge < -0.3 is 4.90 Å². The van der Waals surface area contributed by atoms with Crippen molar-refractivity contribution in [3.05, 3.63) is 16.1 Å². The molecule has 0 radical (unpaired) electrons. The number of nitrogens with zero attached hydrogens (tertiary/aromatic N) is 2. The van der Waals surface area contributed by atoms with Crippen molar-refractivity contribution in [1.82, 2.24) is 9.88 Å². The summed E-state index contributed by atoms with van der Waals surface area (Å²) < 4.78 is 0. The summed E-state index contributed by atoms with van der Waals surface area (Å²) in [5.41, 5.74) is 0. The van der Waals surface area contributed by atoms with Crippen molar-refractivity contribution in [2.75, 3.05) is 13.1 Å². The van der Waals surface area contributed by atoms with E-state index >= 15 is 0 Å². The van der Waals surface area contributed by atoms with Crippen LogP contribution >= 0.6 is 11.3 Å². The van der Waals surface area contributed by atoms with Gasteiger partial charge in [-0.2, -0.15) is 0 Å². The van der Waals surface area contributed by atoms with Crippen LogP contribution in [0.25, 0.3) is 0 Å². The smallest absolute Gasteiger partial charge is 0.171 e. The van der Waals surface area contributed by atoms with Crippen LogP contribution in [0.5, 0.6) is 0 Å². The quantitative estimate of drug-likeness (QED) is 0.773. The maximum atomic E-state index is 11.2. The molecule has 0 saturated carbocycles. The number of thiazole rings is 1. The average molecular weight is 252 g/mol. The van der Waals surface area contributed by atoms with Crippen LogP contribution in [-0.2, 0) is 6.42 Å². The molecule has 1 aromatic heterocycles. The fourth-order valence-corrected chi connectivity index (χ4v) is 3.36. The molecule has 1 atom stereocenters. The number of carbonyl (C=O) groups is 1. The monoisotopic (exact) mass is 252 g/mol. The lowest BCUT2D eigenvalue weighted by molar-refractivity contribution is 0.102. The van der Waals surface area contributed by atoms with Crippen LogP contribution in [0, 0.1) is 0 Å². The zero-order valence-corrected chi connectivity index (χ0v) is 11.4. The summed E-state index contributed by atoms with van der Waals surface area (Å²) in [4.78, 5) is 18.9. The molecule has 1 fully saturated rings. The molecule has 0 amide bonds. The second-order valence-electron chi connectivity index (χ2n) is 4.66. The fourth-order valence-electron chi connectivity index (χ4n) is 2.48. The molecule has 1 aromatic rings. The Balaban J connectivity index is 2.00. The van der Waals surface area contributed by atoms with E-state index in [9.17, 15) is 4.79 Å². The van der Waals surface area contributed by atoms with E-state index in [0.717, 1.165) is 22.9 Å². The topological polar surface area (TPSA) is 33.2 Å². The van der Waals surface area contributed by atoms with Crippen molar-refractivity contribution >= 4 is 17.1 Å². The van der Waals surface area contributed by atoms with Gasteiger partial charge >= 0.3 is 0 Å². The lowest BCUT2D eigenvalue weighted by Crippen LogP contribution is -2.40. The number of likely N-dealkylation sites (N-methyl/N-ethyl adjacent to an activating group) is 1. The Labute approximate surface area is 107 Å². The van der Waals surface area contributed by atoms with Crippen molar-refractivity contribution in [2.24, 2.45) is 0 Å². The normalized spacial score (nSPS) is 21.6. The number of piperidine rings is 1. The first-order valence-electron chi connectivity index (χ1n) is 6.40. The van der Waals surface area contributed by atoms with Gasteiger partial charge in [-0.15, -0.1) is 11.3 Å². The van der Waals surface area contributed by atoms with Crippen LogP contribution in [-0.4, -0.2) is 34.8 Å². The number of Topliss-reactive ketones (excluding diaryl/α,β-unsaturated/α-hetero) is 1. The maximum absolute atomic E-state index is 11.2. The number of carbonyl (C=O) groups excluding carboxylic acids is 1. The Morgan fingerprint density at radius 1 is 1.59 bits per heavy atom. The standard InChI is InChI=1S/C13H20N2OS/c1-3-15-7-5-4-6-11(15)8-13-14-9-12(17-13)10(2)16/h9,11H,3-8H2,1-2H3. The van der Waals surface area contributed by atoms with Gasteiger partial charge in [-0.1, -0.05) is 13.3 Å². The third kappa shape index (κ3) is 3.13. The first-order valence-corrected chi connectivity index (χ1v) is 7.22. The predicted molar refractivity (Wildman–Crippen MR) is 70.7 cm³/mol. The Kier molecular flexibility index (Phi) is 4.29. The minimum absolute atomic E-state index is 0.129. The van der Waals surface area contributed by atoms with Gasteiger partial charge in [-0.25, -0.2) is 4.98 Å². The number of ketones is 1. The zero-order valence-electron chi connectivity index (χ0n) is 10.6. The molecule has 0 N–H and O–H groups in total. The molecule has 1 aliphatic heterocycles. The predicted octanol–water partition coefficient (Wildman–Crippen LogP) is 2.76. The molecule has 1 aliphatic rings. The Hall–Kier alpha value is -0.740. The summed E-state index contributed by atoms with van der Waals surface area (Å²) in [6, 6.07) is 0.625. The van der Waals surface area contributed by atoms with Gasteiger partial charge in [-0.3, -0.25) is 4.79 Å². The zero-order chi connectivity index (χ0) is 12.3. The highest BCUT2D eigenvalue weighted by molar-refractivity contribution is 7.13. The van der Waals surface area contributed by atoms with Gasteiger partial charge in [0.15, 0.2) is 5.78 Å². The molecule has 0 aromatic carbocycles. The minimum atomic E-state index is 0.129.